The largest absolute Gasteiger partial charge is 0.465 e. The zero-order valence-electron chi connectivity index (χ0n) is 8.23. The third-order valence-corrected chi connectivity index (χ3v) is 1.43. The van der Waals surface area contributed by atoms with Gasteiger partial charge >= 0.3 is 11.9 Å². The number of esters is 2. The van der Waals surface area contributed by atoms with E-state index in [9.17, 15) is 14.7 Å². The SMILES string of the molecule is CCOC(=O)[C@H](N)[C@@H](O)C(=O)OCC. The Labute approximate surface area is 82.0 Å². The van der Waals surface area contributed by atoms with Crippen molar-refractivity contribution in [1.82, 2.24) is 0 Å². The predicted molar refractivity (Wildman–Crippen MR) is 47.2 cm³/mol. The third-order valence-electron chi connectivity index (χ3n) is 1.43. The molecule has 0 rings (SSSR count). The van der Waals surface area contributed by atoms with Crippen molar-refractivity contribution < 1.29 is 24.2 Å². The molecule has 0 aromatic rings. The van der Waals surface area contributed by atoms with E-state index in [0.29, 0.717) is 0 Å². The van der Waals surface area contributed by atoms with Gasteiger partial charge in [-0.15, -0.1) is 0 Å². The highest BCUT2D eigenvalue weighted by Gasteiger charge is 2.30. The van der Waals surface area contributed by atoms with E-state index in [1.807, 2.05) is 0 Å². The van der Waals surface area contributed by atoms with Crippen molar-refractivity contribution in [1.29, 1.82) is 0 Å². The molecule has 0 unspecified atom stereocenters. The standard InChI is InChI=1S/C8H15NO5/c1-3-13-7(11)5(9)6(10)8(12)14-4-2/h5-6,10H,3-4,9H2,1-2H3/t5-,6-/m1/s1. The highest BCUT2D eigenvalue weighted by Crippen LogP contribution is 1.97. The lowest BCUT2D eigenvalue weighted by atomic mass is 10.2. The minimum Gasteiger partial charge on any atom is -0.465 e. The Balaban J connectivity index is 4.16. The van der Waals surface area contributed by atoms with Gasteiger partial charge in [-0.2, -0.15) is 0 Å². The second kappa shape index (κ2) is 6.33. The van der Waals surface area contributed by atoms with Crippen molar-refractivity contribution in [2.45, 2.75) is 26.0 Å². The molecule has 82 valence electrons. The van der Waals surface area contributed by atoms with Gasteiger partial charge in [0, 0.05) is 0 Å². The third kappa shape index (κ3) is 3.71. The van der Waals surface area contributed by atoms with Crippen LogP contribution < -0.4 is 5.73 Å². The summed E-state index contributed by atoms with van der Waals surface area (Å²) in [5, 5.41) is 9.21. The van der Waals surface area contributed by atoms with Gasteiger partial charge in [-0.05, 0) is 13.8 Å². The van der Waals surface area contributed by atoms with Crippen LogP contribution in [0.25, 0.3) is 0 Å². The molecular weight excluding hydrogens is 190 g/mol. The number of nitrogens with two attached hydrogens (primary N) is 1. The summed E-state index contributed by atoms with van der Waals surface area (Å²) < 4.78 is 9.00. The fourth-order valence-corrected chi connectivity index (χ4v) is 0.742. The predicted octanol–water partition coefficient (Wildman–Crippen LogP) is -1.20. The average molecular weight is 205 g/mol. The molecule has 0 amide bonds. The molecule has 3 N–H and O–H groups in total. The number of carbonyl (C=O) groups is 2. The first kappa shape index (κ1) is 12.9. The van der Waals surface area contributed by atoms with Crippen LogP contribution in [0.4, 0.5) is 0 Å². The molecule has 14 heavy (non-hydrogen) atoms. The van der Waals surface area contributed by atoms with Crippen LogP contribution in [-0.4, -0.2) is 42.4 Å². The molecule has 0 bridgehead atoms. The van der Waals surface area contributed by atoms with Crippen molar-refractivity contribution in [2.24, 2.45) is 5.73 Å². The van der Waals surface area contributed by atoms with Crippen molar-refractivity contribution in [2.75, 3.05) is 13.2 Å². The lowest BCUT2D eigenvalue weighted by molar-refractivity contribution is -0.161. The minimum atomic E-state index is -1.67. The van der Waals surface area contributed by atoms with E-state index in [2.05, 4.69) is 9.47 Å². The first-order chi connectivity index (χ1) is 6.54. The van der Waals surface area contributed by atoms with Crippen molar-refractivity contribution in [3.05, 3.63) is 0 Å². The summed E-state index contributed by atoms with van der Waals surface area (Å²) in [5.41, 5.74) is 5.25. The van der Waals surface area contributed by atoms with E-state index < -0.39 is 24.1 Å². The summed E-state index contributed by atoms with van der Waals surface area (Å²) >= 11 is 0. The second-order valence-electron chi connectivity index (χ2n) is 2.47. The normalized spacial score (nSPS) is 14.3. The fourth-order valence-electron chi connectivity index (χ4n) is 0.742. The zero-order valence-corrected chi connectivity index (χ0v) is 8.23. The first-order valence-electron chi connectivity index (χ1n) is 4.31. The Morgan fingerprint density at radius 2 is 1.64 bits per heavy atom. The molecule has 0 fully saturated rings. The van der Waals surface area contributed by atoms with Gasteiger partial charge in [0.2, 0.25) is 0 Å². The van der Waals surface area contributed by atoms with Crippen LogP contribution in [0, 0.1) is 0 Å². The van der Waals surface area contributed by atoms with Crippen LogP contribution in [0.3, 0.4) is 0 Å². The smallest absolute Gasteiger partial charge is 0.337 e. The zero-order chi connectivity index (χ0) is 11.1. The van der Waals surface area contributed by atoms with Crippen molar-refractivity contribution in [3.63, 3.8) is 0 Å². The van der Waals surface area contributed by atoms with Crippen LogP contribution >= 0.6 is 0 Å². The van der Waals surface area contributed by atoms with Gasteiger partial charge < -0.3 is 20.3 Å². The molecule has 2 atom stereocenters. The summed E-state index contributed by atoms with van der Waals surface area (Å²) in [5.74, 6) is -1.75. The molecule has 0 radical (unpaired) electrons. The highest BCUT2D eigenvalue weighted by atomic mass is 16.6. The van der Waals surface area contributed by atoms with Gasteiger partial charge in [0.05, 0.1) is 13.2 Å². The van der Waals surface area contributed by atoms with Crippen LogP contribution in [0.2, 0.25) is 0 Å². The molecule has 0 heterocycles. The topological polar surface area (TPSA) is 98.9 Å². The highest BCUT2D eigenvalue weighted by molar-refractivity contribution is 5.85. The number of aliphatic hydroxyl groups is 1. The van der Waals surface area contributed by atoms with E-state index >= 15 is 0 Å². The van der Waals surface area contributed by atoms with Gasteiger partial charge in [0.15, 0.2) is 6.10 Å². The van der Waals surface area contributed by atoms with Gasteiger partial charge in [-0.3, -0.25) is 4.79 Å². The monoisotopic (exact) mass is 205 g/mol. The number of aliphatic hydroxyl groups excluding tert-OH is 1. The maximum Gasteiger partial charge on any atom is 0.337 e. The maximum atomic E-state index is 11.0. The summed E-state index contributed by atoms with van der Waals surface area (Å²) in [4.78, 5) is 21.9. The second-order valence-corrected chi connectivity index (χ2v) is 2.47. The number of carbonyl (C=O) groups excluding carboxylic acids is 2. The number of hydrogen-bond donors (Lipinski definition) is 2. The molecule has 6 heteroatoms. The molecule has 6 nitrogen and oxygen atoms in total. The number of rotatable bonds is 5. The Kier molecular flexibility index (Phi) is 5.82. The van der Waals surface area contributed by atoms with Crippen LogP contribution in [0.15, 0.2) is 0 Å². The van der Waals surface area contributed by atoms with E-state index in [-0.39, 0.29) is 13.2 Å². The van der Waals surface area contributed by atoms with E-state index in [4.69, 9.17) is 5.73 Å². The molecule has 0 saturated heterocycles. The average Bonchev–Trinajstić information content (AvgIpc) is 2.16. The van der Waals surface area contributed by atoms with E-state index in [1.165, 1.54) is 0 Å². The van der Waals surface area contributed by atoms with Crippen LogP contribution in [0.5, 0.6) is 0 Å². The molecule has 0 aliphatic heterocycles. The van der Waals surface area contributed by atoms with Crippen LogP contribution in [0.1, 0.15) is 13.8 Å². The number of hydrogen-bond acceptors (Lipinski definition) is 6. The molecule has 0 aliphatic rings. The Morgan fingerprint density at radius 3 is 2.07 bits per heavy atom. The summed E-state index contributed by atoms with van der Waals surface area (Å²) in [6, 6.07) is -1.39. The molecule has 0 saturated carbocycles. The van der Waals surface area contributed by atoms with Gasteiger partial charge in [-0.25, -0.2) is 4.79 Å². The first-order valence-corrected chi connectivity index (χ1v) is 4.31. The number of ether oxygens (including phenoxy) is 2. The summed E-state index contributed by atoms with van der Waals surface area (Å²) in [6.45, 7) is 3.44. The summed E-state index contributed by atoms with van der Waals surface area (Å²) in [7, 11) is 0. The molecule has 0 aromatic heterocycles. The van der Waals surface area contributed by atoms with Crippen molar-refractivity contribution in [3.8, 4) is 0 Å². The fraction of sp³-hybridized carbons (Fsp3) is 0.750. The maximum absolute atomic E-state index is 11.0. The summed E-state index contributed by atoms with van der Waals surface area (Å²) in [6.07, 6.45) is -1.67. The molecule has 0 aromatic carbocycles. The molecule has 0 spiro atoms. The van der Waals surface area contributed by atoms with E-state index in [0.717, 1.165) is 0 Å². The lowest BCUT2D eigenvalue weighted by Gasteiger charge is -2.15. The lowest BCUT2D eigenvalue weighted by Crippen LogP contribution is -2.47. The van der Waals surface area contributed by atoms with Crippen LogP contribution in [-0.2, 0) is 19.1 Å². The van der Waals surface area contributed by atoms with Gasteiger partial charge in [-0.1, -0.05) is 0 Å². The van der Waals surface area contributed by atoms with E-state index in [1.54, 1.807) is 13.8 Å². The van der Waals surface area contributed by atoms with Crippen molar-refractivity contribution >= 4 is 11.9 Å². The molecular formula is C8H15NO5. The Bertz CT molecular complexity index is 184. The Hall–Kier alpha value is -1.14. The Morgan fingerprint density at radius 1 is 1.21 bits per heavy atom. The minimum absolute atomic E-state index is 0.117. The van der Waals surface area contributed by atoms with Gasteiger partial charge in [0.25, 0.3) is 0 Å². The van der Waals surface area contributed by atoms with Gasteiger partial charge in [0.1, 0.15) is 6.04 Å². The quantitative estimate of drug-likeness (QED) is 0.547. The molecule has 0 aliphatic carbocycles.